The Morgan fingerprint density at radius 2 is 1.73 bits per heavy atom. The van der Waals surface area contributed by atoms with E-state index in [4.69, 9.17) is 5.73 Å². The number of primary amides is 1. The van der Waals surface area contributed by atoms with E-state index in [2.05, 4.69) is 27.8 Å². The monoisotopic (exact) mass is 502 g/mol. The van der Waals surface area contributed by atoms with Crippen LogP contribution in [0.25, 0.3) is 10.9 Å². The lowest BCUT2D eigenvalue weighted by molar-refractivity contribution is -0.136. The summed E-state index contributed by atoms with van der Waals surface area (Å²) >= 11 is 0. The quantitative estimate of drug-likeness (QED) is 0.298. The van der Waals surface area contributed by atoms with Crippen LogP contribution in [0.3, 0.4) is 0 Å². The van der Waals surface area contributed by atoms with E-state index in [-0.39, 0.29) is 17.7 Å². The number of aromatic amines is 1. The lowest BCUT2D eigenvalue weighted by Gasteiger charge is -2.38. The second kappa shape index (κ2) is 11.6. The first kappa shape index (κ1) is 26.5. The van der Waals surface area contributed by atoms with E-state index in [9.17, 15) is 14.4 Å². The van der Waals surface area contributed by atoms with Crippen molar-refractivity contribution in [2.24, 2.45) is 11.7 Å². The van der Waals surface area contributed by atoms with Crippen molar-refractivity contribution in [2.75, 3.05) is 0 Å². The van der Waals surface area contributed by atoms with Crippen molar-refractivity contribution in [1.29, 1.82) is 0 Å². The molecule has 0 saturated heterocycles. The number of aryl methyl sites for hydroxylation is 2. The molecule has 0 bridgehead atoms. The predicted octanol–water partition coefficient (Wildman–Crippen LogP) is 3.94. The summed E-state index contributed by atoms with van der Waals surface area (Å²) in [6, 6.07) is 17.5. The molecule has 0 fully saturated rings. The van der Waals surface area contributed by atoms with Crippen molar-refractivity contribution in [2.45, 2.75) is 76.8 Å². The van der Waals surface area contributed by atoms with Crippen LogP contribution < -0.4 is 16.4 Å². The van der Waals surface area contributed by atoms with Gasteiger partial charge in [0.1, 0.15) is 11.6 Å². The van der Waals surface area contributed by atoms with Gasteiger partial charge in [0.15, 0.2) is 0 Å². The van der Waals surface area contributed by atoms with E-state index < -0.39 is 17.5 Å². The van der Waals surface area contributed by atoms with Gasteiger partial charge in [0.05, 0.1) is 0 Å². The van der Waals surface area contributed by atoms with Crippen LogP contribution >= 0.6 is 0 Å². The third-order valence-corrected chi connectivity index (χ3v) is 7.47. The average Bonchev–Trinajstić information content (AvgIpc) is 3.24. The van der Waals surface area contributed by atoms with Crippen LogP contribution in [-0.4, -0.2) is 34.3 Å². The minimum Gasteiger partial charge on any atom is -0.368 e. The number of nitrogens with one attached hydrogen (secondary N) is 3. The number of unbranched alkanes of at least 4 members (excludes halogenated alkanes) is 2. The van der Waals surface area contributed by atoms with E-state index in [1.165, 1.54) is 5.56 Å². The first-order valence-electron chi connectivity index (χ1n) is 13.3. The molecule has 5 N–H and O–H groups in total. The molecule has 2 atom stereocenters. The fourth-order valence-corrected chi connectivity index (χ4v) is 5.37. The number of amides is 3. The number of carbonyl (C=O) groups is 3. The van der Waals surface area contributed by atoms with Crippen molar-refractivity contribution >= 4 is 28.6 Å². The molecule has 1 aromatic heterocycles. The van der Waals surface area contributed by atoms with Crippen molar-refractivity contribution in [1.82, 2.24) is 15.6 Å². The first-order valence-corrected chi connectivity index (χ1v) is 13.3. The summed E-state index contributed by atoms with van der Waals surface area (Å²) in [5.41, 5.74) is 8.90. The molecule has 0 spiro atoms. The van der Waals surface area contributed by atoms with Gasteiger partial charge in [-0.1, -0.05) is 68.8 Å². The largest absolute Gasteiger partial charge is 0.368 e. The number of hydrogen-bond donors (Lipinski definition) is 4. The Morgan fingerprint density at radius 3 is 2.46 bits per heavy atom. The van der Waals surface area contributed by atoms with Crippen LogP contribution in [0, 0.1) is 5.92 Å². The molecule has 3 aromatic rings. The van der Waals surface area contributed by atoms with Gasteiger partial charge >= 0.3 is 0 Å². The number of H-pyrrole nitrogens is 1. The third-order valence-electron chi connectivity index (χ3n) is 7.47. The number of fused-ring (bicyclic) bond motifs is 3. The maximum Gasteiger partial charge on any atom is 0.246 e. The molecule has 7 nitrogen and oxygen atoms in total. The van der Waals surface area contributed by atoms with Gasteiger partial charge in [0, 0.05) is 29.4 Å². The summed E-state index contributed by atoms with van der Waals surface area (Å²) in [7, 11) is 0. The predicted molar refractivity (Wildman–Crippen MR) is 146 cm³/mol. The van der Waals surface area contributed by atoms with Crippen molar-refractivity contribution < 1.29 is 14.4 Å². The van der Waals surface area contributed by atoms with E-state index in [0.29, 0.717) is 25.7 Å². The van der Waals surface area contributed by atoms with E-state index >= 15 is 0 Å². The number of benzene rings is 2. The number of hydrogen-bond acceptors (Lipinski definition) is 3. The Kier molecular flexibility index (Phi) is 8.31. The molecule has 0 radical (unpaired) electrons. The van der Waals surface area contributed by atoms with Gasteiger partial charge < -0.3 is 21.4 Å². The Bertz CT molecular complexity index is 1250. The first-order chi connectivity index (χ1) is 17.8. The third kappa shape index (κ3) is 6.21. The standard InChI is InChI=1S/C30H38N4O3/c1-20(2)27(28(31)36)33-29(37)30(18-17-25-23(19-30)22-14-9-10-15-24(22)32-25)34-26(35)16-8-4-7-13-21-11-5-3-6-12-21/h3,5-6,9-12,14-15,20,27,32H,4,7-8,13,16-19H2,1-2H3,(H2,31,36)(H,33,37)(H,34,35)/t27-,30+/m0/s1. The summed E-state index contributed by atoms with van der Waals surface area (Å²) in [6.45, 7) is 3.68. The van der Waals surface area contributed by atoms with Crippen LogP contribution in [0.2, 0.25) is 0 Å². The van der Waals surface area contributed by atoms with E-state index in [0.717, 1.165) is 47.8 Å². The Labute approximate surface area is 218 Å². The number of rotatable bonds is 11. The molecule has 7 heteroatoms. The zero-order valence-electron chi connectivity index (χ0n) is 21.8. The van der Waals surface area contributed by atoms with Crippen LogP contribution in [0.1, 0.15) is 62.8 Å². The van der Waals surface area contributed by atoms with Gasteiger partial charge in [-0.05, 0) is 55.2 Å². The van der Waals surface area contributed by atoms with Gasteiger partial charge in [-0.3, -0.25) is 14.4 Å². The van der Waals surface area contributed by atoms with Crippen LogP contribution in [0.15, 0.2) is 54.6 Å². The maximum atomic E-state index is 13.7. The summed E-state index contributed by atoms with van der Waals surface area (Å²) in [5, 5.41) is 7.02. The van der Waals surface area contributed by atoms with Gasteiger partial charge in [0.2, 0.25) is 17.7 Å². The smallest absolute Gasteiger partial charge is 0.246 e. The number of nitrogens with two attached hydrogens (primary N) is 1. The molecule has 196 valence electrons. The molecule has 0 unspecified atom stereocenters. The summed E-state index contributed by atoms with van der Waals surface area (Å²) in [4.78, 5) is 42.4. The molecular formula is C30H38N4O3. The van der Waals surface area contributed by atoms with Crippen LogP contribution in [-0.2, 0) is 33.6 Å². The average molecular weight is 503 g/mol. The Balaban J connectivity index is 1.47. The molecule has 2 aromatic carbocycles. The van der Waals surface area contributed by atoms with E-state index in [1.54, 1.807) is 0 Å². The zero-order valence-corrected chi connectivity index (χ0v) is 21.8. The fourth-order valence-electron chi connectivity index (χ4n) is 5.37. The van der Waals surface area contributed by atoms with E-state index in [1.807, 2.05) is 56.3 Å². The molecule has 1 aliphatic carbocycles. The number of aromatic nitrogens is 1. The maximum absolute atomic E-state index is 13.7. The molecule has 1 heterocycles. The van der Waals surface area contributed by atoms with Gasteiger partial charge in [0.25, 0.3) is 0 Å². The number of para-hydroxylation sites is 1. The molecule has 3 amide bonds. The van der Waals surface area contributed by atoms with Crippen LogP contribution in [0.4, 0.5) is 0 Å². The SMILES string of the molecule is CC(C)[C@H](NC(=O)[C@@]1(NC(=O)CCCCCc2ccccc2)CCc2[nH]c3ccccc3c2C1)C(N)=O. The molecule has 37 heavy (non-hydrogen) atoms. The molecule has 1 aliphatic rings. The van der Waals surface area contributed by atoms with Crippen molar-refractivity contribution in [3.05, 3.63) is 71.4 Å². The minimum atomic E-state index is -1.14. The highest BCUT2D eigenvalue weighted by molar-refractivity contribution is 5.96. The molecule has 4 rings (SSSR count). The highest BCUT2D eigenvalue weighted by atomic mass is 16.2. The topological polar surface area (TPSA) is 117 Å². The number of carbonyl (C=O) groups excluding carboxylic acids is 3. The minimum absolute atomic E-state index is 0.140. The van der Waals surface area contributed by atoms with Gasteiger partial charge in [-0.2, -0.15) is 0 Å². The molecule has 0 saturated carbocycles. The molecule has 0 aliphatic heterocycles. The Morgan fingerprint density at radius 1 is 1.00 bits per heavy atom. The fraction of sp³-hybridized carbons (Fsp3) is 0.433. The van der Waals surface area contributed by atoms with Crippen molar-refractivity contribution in [3.63, 3.8) is 0 Å². The van der Waals surface area contributed by atoms with Gasteiger partial charge in [-0.25, -0.2) is 0 Å². The zero-order chi connectivity index (χ0) is 26.4. The second-order valence-corrected chi connectivity index (χ2v) is 10.6. The van der Waals surface area contributed by atoms with Crippen LogP contribution in [0.5, 0.6) is 0 Å². The Hall–Kier alpha value is -3.61. The summed E-state index contributed by atoms with van der Waals surface area (Å²) < 4.78 is 0. The lowest BCUT2D eigenvalue weighted by Crippen LogP contribution is -2.64. The van der Waals surface area contributed by atoms with Crippen molar-refractivity contribution in [3.8, 4) is 0 Å². The highest BCUT2D eigenvalue weighted by Crippen LogP contribution is 2.34. The summed E-state index contributed by atoms with van der Waals surface area (Å²) in [5.74, 6) is -1.23. The summed E-state index contributed by atoms with van der Waals surface area (Å²) in [6.07, 6.45) is 5.48. The highest BCUT2D eigenvalue weighted by Gasteiger charge is 2.45. The molecular weight excluding hydrogens is 464 g/mol. The normalized spacial score (nSPS) is 17.8. The second-order valence-electron chi connectivity index (χ2n) is 10.6. The lowest BCUT2D eigenvalue weighted by atomic mass is 9.78. The van der Waals surface area contributed by atoms with Gasteiger partial charge in [-0.15, -0.1) is 0 Å².